The average Bonchev–Trinajstić information content (AvgIpc) is 2.72. The summed E-state index contributed by atoms with van der Waals surface area (Å²) in [6, 6.07) is 1.50. The largest absolute Gasteiger partial charge is 0.317 e. The molecule has 0 radical (unpaired) electrons. The molecule has 1 aliphatic carbocycles. The van der Waals surface area contributed by atoms with Crippen molar-refractivity contribution in [3.63, 3.8) is 0 Å². The van der Waals surface area contributed by atoms with Crippen molar-refractivity contribution in [2.24, 2.45) is 5.92 Å². The minimum Gasteiger partial charge on any atom is -0.317 e. The molecule has 2 aliphatic rings. The number of rotatable bonds is 3. The van der Waals surface area contributed by atoms with E-state index in [2.05, 4.69) is 17.6 Å². The normalized spacial score (nSPS) is 30.5. The van der Waals surface area contributed by atoms with Crippen molar-refractivity contribution in [3.8, 4) is 0 Å². The van der Waals surface area contributed by atoms with Crippen LogP contribution in [0.1, 0.15) is 64.7 Å². The zero-order valence-corrected chi connectivity index (χ0v) is 11.5. The van der Waals surface area contributed by atoms with Crippen LogP contribution >= 0.6 is 0 Å². The molecule has 0 bridgehead atoms. The maximum Gasteiger partial charge on any atom is 0.00822 e. The summed E-state index contributed by atoms with van der Waals surface area (Å²) in [5, 5.41) is 7.42. The number of hydrogen-bond donors (Lipinski definition) is 2. The van der Waals surface area contributed by atoms with Crippen LogP contribution in [-0.4, -0.2) is 25.2 Å². The highest BCUT2D eigenvalue weighted by atomic mass is 15.0. The molecule has 0 aromatic heterocycles. The zero-order chi connectivity index (χ0) is 11.9. The predicted molar refractivity (Wildman–Crippen MR) is 74.3 cm³/mol. The van der Waals surface area contributed by atoms with Crippen LogP contribution in [0.5, 0.6) is 0 Å². The van der Waals surface area contributed by atoms with E-state index in [0.29, 0.717) is 0 Å². The lowest BCUT2D eigenvalue weighted by Crippen LogP contribution is -2.41. The molecule has 1 saturated heterocycles. The first-order valence-corrected chi connectivity index (χ1v) is 7.83. The fourth-order valence-electron chi connectivity index (χ4n) is 3.50. The Morgan fingerprint density at radius 1 is 0.882 bits per heavy atom. The fourth-order valence-corrected chi connectivity index (χ4v) is 3.50. The molecular formula is C15H30N2. The van der Waals surface area contributed by atoms with Crippen LogP contribution in [0.15, 0.2) is 0 Å². The van der Waals surface area contributed by atoms with Crippen molar-refractivity contribution in [3.05, 3.63) is 0 Å². The standard InChI is InChI=1S/C15H30N2/c1-13(14-7-4-2-3-5-8-14)17-15-9-6-11-16-12-10-15/h13-17H,2-12H2,1H3/t13-,15?/m1/s1. The quantitative estimate of drug-likeness (QED) is 0.738. The second-order valence-electron chi connectivity index (χ2n) is 6.08. The van der Waals surface area contributed by atoms with Gasteiger partial charge in [-0.3, -0.25) is 0 Å². The molecule has 2 fully saturated rings. The second kappa shape index (κ2) is 7.38. The van der Waals surface area contributed by atoms with Crippen LogP contribution in [0, 0.1) is 5.92 Å². The van der Waals surface area contributed by atoms with Gasteiger partial charge >= 0.3 is 0 Å². The van der Waals surface area contributed by atoms with E-state index in [9.17, 15) is 0 Å². The summed E-state index contributed by atoms with van der Waals surface area (Å²) in [7, 11) is 0. The van der Waals surface area contributed by atoms with Crippen molar-refractivity contribution in [1.29, 1.82) is 0 Å². The Kier molecular flexibility index (Phi) is 5.79. The Labute approximate surface area is 107 Å². The molecule has 0 aromatic carbocycles. The SMILES string of the molecule is C[C@@H](NC1CCCNCC1)C1CCCCCC1. The summed E-state index contributed by atoms with van der Waals surface area (Å²) >= 11 is 0. The third kappa shape index (κ3) is 4.59. The summed E-state index contributed by atoms with van der Waals surface area (Å²) in [6.45, 7) is 4.85. The van der Waals surface area contributed by atoms with Gasteiger partial charge in [-0.1, -0.05) is 25.7 Å². The van der Waals surface area contributed by atoms with Gasteiger partial charge in [-0.2, -0.15) is 0 Å². The van der Waals surface area contributed by atoms with Crippen molar-refractivity contribution < 1.29 is 0 Å². The third-order valence-electron chi connectivity index (χ3n) is 4.68. The molecule has 2 nitrogen and oxygen atoms in total. The molecule has 0 aromatic rings. The average molecular weight is 238 g/mol. The Morgan fingerprint density at radius 3 is 2.41 bits per heavy atom. The first-order valence-electron chi connectivity index (χ1n) is 7.83. The molecule has 100 valence electrons. The lowest BCUT2D eigenvalue weighted by atomic mass is 9.92. The van der Waals surface area contributed by atoms with Gasteiger partial charge in [-0.25, -0.2) is 0 Å². The van der Waals surface area contributed by atoms with Gasteiger partial charge in [-0.15, -0.1) is 0 Å². The van der Waals surface area contributed by atoms with Crippen molar-refractivity contribution >= 4 is 0 Å². The maximum absolute atomic E-state index is 3.92. The lowest BCUT2D eigenvalue weighted by molar-refractivity contribution is 0.298. The molecular weight excluding hydrogens is 208 g/mol. The summed E-state index contributed by atoms with van der Waals surface area (Å²) in [4.78, 5) is 0. The summed E-state index contributed by atoms with van der Waals surface area (Å²) in [6.07, 6.45) is 12.8. The van der Waals surface area contributed by atoms with E-state index in [4.69, 9.17) is 0 Å². The first-order chi connectivity index (χ1) is 8.36. The number of nitrogens with one attached hydrogen (secondary N) is 2. The van der Waals surface area contributed by atoms with Gasteiger partial charge in [0, 0.05) is 12.1 Å². The van der Waals surface area contributed by atoms with E-state index in [-0.39, 0.29) is 0 Å². The number of hydrogen-bond acceptors (Lipinski definition) is 2. The highest BCUT2D eigenvalue weighted by Crippen LogP contribution is 2.26. The summed E-state index contributed by atoms with van der Waals surface area (Å²) < 4.78 is 0. The fraction of sp³-hybridized carbons (Fsp3) is 1.00. The molecule has 2 heteroatoms. The minimum atomic E-state index is 0.733. The van der Waals surface area contributed by atoms with Gasteiger partial charge in [0.15, 0.2) is 0 Å². The molecule has 17 heavy (non-hydrogen) atoms. The van der Waals surface area contributed by atoms with Gasteiger partial charge in [0.2, 0.25) is 0 Å². The van der Waals surface area contributed by atoms with Crippen molar-refractivity contribution in [1.82, 2.24) is 10.6 Å². The van der Waals surface area contributed by atoms with Gasteiger partial charge in [0.1, 0.15) is 0 Å². The molecule has 1 heterocycles. The van der Waals surface area contributed by atoms with E-state index in [0.717, 1.165) is 18.0 Å². The van der Waals surface area contributed by atoms with Crippen LogP contribution in [0.4, 0.5) is 0 Å². The predicted octanol–water partition coefficient (Wildman–Crippen LogP) is 3.08. The summed E-state index contributed by atoms with van der Waals surface area (Å²) in [5.74, 6) is 0.939. The first kappa shape index (κ1) is 13.4. The Balaban J connectivity index is 1.75. The molecule has 0 amide bonds. The van der Waals surface area contributed by atoms with Crippen LogP contribution in [0.3, 0.4) is 0 Å². The Morgan fingerprint density at radius 2 is 1.65 bits per heavy atom. The zero-order valence-electron chi connectivity index (χ0n) is 11.5. The molecule has 2 rings (SSSR count). The van der Waals surface area contributed by atoms with Crippen molar-refractivity contribution in [2.75, 3.05) is 13.1 Å². The monoisotopic (exact) mass is 238 g/mol. The third-order valence-corrected chi connectivity index (χ3v) is 4.68. The topological polar surface area (TPSA) is 24.1 Å². The molecule has 1 saturated carbocycles. The van der Waals surface area contributed by atoms with Gasteiger partial charge in [0.25, 0.3) is 0 Å². The van der Waals surface area contributed by atoms with Crippen LogP contribution in [0.25, 0.3) is 0 Å². The van der Waals surface area contributed by atoms with Gasteiger partial charge in [-0.05, 0) is 58.0 Å². The molecule has 1 aliphatic heterocycles. The van der Waals surface area contributed by atoms with Crippen LogP contribution in [-0.2, 0) is 0 Å². The van der Waals surface area contributed by atoms with E-state index < -0.39 is 0 Å². The lowest BCUT2D eigenvalue weighted by Gasteiger charge is -2.28. The molecule has 1 unspecified atom stereocenters. The van der Waals surface area contributed by atoms with Crippen LogP contribution < -0.4 is 10.6 Å². The maximum atomic E-state index is 3.92. The molecule has 2 atom stereocenters. The van der Waals surface area contributed by atoms with E-state index in [1.54, 1.807) is 0 Å². The van der Waals surface area contributed by atoms with E-state index in [1.165, 1.54) is 70.9 Å². The summed E-state index contributed by atoms with van der Waals surface area (Å²) in [5.41, 5.74) is 0. The van der Waals surface area contributed by atoms with Crippen LogP contribution in [0.2, 0.25) is 0 Å². The molecule has 0 spiro atoms. The van der Waals surface area contributed by atoms with Gasteiger partial charge < -0.3 is 10.6 Å². The van der Waals surface area contributed by atoms with E-state index in [1.807, 2.05) is 0 Å². The van der Waals surface area contributed by atoms with Gasteiger partial charge in [0.05, 0.1) is 0 Å². The minimum absolute atomic E-state index is 0.733. The highest BCUT2D eigenvalue weighted by molar-refractivity contribution is 4.80. The molecule has 2 N–H and O–H groups in total. The highest BCUT2D eigenvalue weighted by Gasteiger charge is 2.21. The Hall–Kier alpha value is -0.0800. The van der Waals surface area contributed by atoms with Crippen molar-refractivity contribution in [2.45, 2.75) is 76.8 Å². The Bertz CT molecular complexity index is 189. The second-order valence-corrected chi connectivity index (χ2v) is 6.08. The smallest absolute Gasteiger partial charge is 0.00822 e. The van der Waals surface area contributed by atoms with E-state index >= 15 is 0 Å².